The topological polar surface area (TPSA) is 53.9 Å². The number of anilines is 2. The van der Waals surface area contributed by atoms with Crippen LogP contribution in [-0.4, -0.2) is 34.1 Å². The zero-order chi connectivity index (χ0) is 15.4. The molecule has 6 heteroatoms. The molecule has 22 heavy (non-hydrogen) atoms. The van der Waals surface area contributed by atoms with Gasteiger partial charge in [0.25, 0.3) is 0 Å². The third-order valence-corrected chi connectivity index (χ3v) is 3.80. The van der Waals surface area contributed by atoms with Crippen molar-refractivity contribution < 1.29 is 4.39 Å². The first-order valence-electron chi connectivity index (χ1n) is 7.65. The predicted octanol–water partition coefficient (Wildman–Crippen LogP) is 2.65. The summed E-state index contributed by atoms with van der Waals surface area (Å²) in [7, 11) is 0. The molecule has 1 aliphatic rings. The number of hydrogen-bond acceptors (Lipinski definition) is 5. The van der Waals surface area contributed by atoms with E-state index in [9.17, 15) is 4.39 Å². The number of rotatable bonds is 5. The second kappa shape index (κ2) is 6.68. The van der Waals surface area contributed by atoms with Crippen molar-refractivity contribution in [2.45, 2.75) is 32.2 Å². The second-order valence-electron chi connectivity index (χ2n) is 5.66. The molecule has 1 fully saturated rings. The molecular formula is C16H20FN5. The van der Waals surface area contributed by atoms with E-state index in [0.29, 0.717) is 11.8 Å². The molecule has 1 atom stereocenters. The van der Waals surface area contributed by atoms with E-state index in [1.165, 1.54) is 11.8 Å². The first-order chi connectivity index (χ1) is 10.7. The first kappa shape index (κ1) is 14.7. The number of nitrogens with one attached hydrogen (secondary N) is 1. The Morgan fingerprint density at radius 1 is 1.27 bits per heavy atom. The molecule has 0 unspecified atom stereocenters. The van der Waals surface area contributed by atoms with Crippen LogP contribution in [0.2, 0.25) is 0 Å². The number of nitrogens with zero attached hydrogens (tertiary/aromatic N) is 4. The molecule has 116 valence electrons. The van der Waals surface area contributed by atoms with Gasteiger partial charge in [-0.15, -0.1) is 0 Å². The van der Waals surface area contributed by atoms with E-state index >= 15 is 0 Å². The largest absolute Gasteiger partial charge is 0.354 e. The van der Waals surface area contributed by atoms with Gasteiger partial charge >= 0.3 is 0 Å². The lowest BCUT2D eigenvalue weighted by Gasteiger charge is -2.19. The highest BCUT2D eigenvalue weighted by Crippen LogP contribution is 2.22. The van der Waals surface area contributed by atoms with Gasteiger partial charge in [-0.2, -0.15) is 4.98 Å². The van der Waals surface area contributed by atoms with Crippen molar-refractivity contribution >= 4 is 11.8 Å². The molecule has 2 aromatic heterocycles. The maximum absolute atomic E-state index is 13.9. The molecule has 0 bridgehead atoms. The molecule has 0 aromatic carbocycles. The zero-order valence-corrected chi connectivity index (χ0v) is 12.7. The molecule has 0 amide bonds. The monoisotopic (exact) mass is 301 g/mol. The minimum absolute atomic E-state index is 0.152. The third-order valence-electron chi connectivity index (χ3n) is 3.80. The lowest BCUT2D eigenvalue weighted by molar-refractivity contribution is 0.607. The number of halogens is 1. The molecule has 0 aliphatic carbocycles. The Morgan fingerprint density at radius 3 is 2.73 bits per heavy atom. The molecule has 3 heterocycles. The van der Waals surface area contributed by atoms with Crippen LogP contribution in [-0.2, 0) is 6.42 Å². The SMILES string of the molecule is C[C@H](Cc1ccncc1)Nc1ncc(F)c(N2CCCC2)n1. The zero-order valence-electron chi connectivity index (χ0n) is 12.7. The maximum Gasteiger partial charge on any atom is 0.225 e. The third kappa shape index (κ3) is 3.50. The van der Waals surface area contributed by atoms with Gasteiger partial charge in [-0.05, 0) is 43.9 Å². The summed E-state index contributed by atoms with van der Waals surface area (Å²) in [6, 6.07) is 4.12. The summed E-state index contributed by atoms with van der Waals surface area (Å²) in [6.45, 7) is 3.78. The molecule has 5 nitrogen and oxygen atoms in total. The normalized spacial score (nSPS) is 15.8. The van der Waals surface area contributed by atoms with Gasteiger partial charge in [0.2, 0.25) is 5.95 Å². The highest BCUT2D eigenvalue weighted by molar-refractivity contribution is 5.45. The van der Waals surface area contributed by atoms with E-state index in [-0.39, 0.29) is 11.9 Å². The molecule has 2 aromatic rings. The Balaban J connectivity index is 1.68. The molecule has 0 radical (unpaired) electrons. The summed E-state index contributed by atoms with van der Waals surface area (Å²) in [5.41, 5.74) is 1.19. The molecular weight excluding hydrogens is 281 g/mol. The average molecular weight is 301 g/mol. The molecule has 0 saturated carbocycles. The maximum atomic E-state index is 13.9. The van der Waals surface area contributed by atoms with E-state index in [1.54, 1.807) is 12.4 Å². The van der Waals surface area contributed by atoms with Crippen molar-refractivity contribution in [1.29, 1.82) is 0 Å². The van der Waals surface area contributed by atoms with Crippen LogP contribution in [0.25, 0.3) is 0 Å². The van der Waals surface area contributed by atoms with E-state index in [4.69, 9.17) is 0 Å². The Bertz CT molecular complexity index is 613. The van der Waals surface area contributed by atoms with Crippen molar-refractivity contribution in [3.63, 3.8) is 0 Å². The van der Waals surface area contributed by atoms with Crippen LogP contribution in [0.5, 0.6) is 0 Å². The van der Waals surface area contributed by atoms with Gasteiger partial charge in [-0.25, -0.2) is 9.37 Å². The number of aromatic nitrogens is 3. The first-order valence-corrected chi connectivity index (χ1v) is 7.65. The van der Waals surface area contributed by atoms with Gasteiger partial charge in [0.05, 0.1) is 6.20 Å². The summed E-state index contributed by atoms with van der Waals surface area (Å²) >= 11 is 0. The van der Waals surface area contributed by atoms with Crippen molar-refractivity contribution in [3.05, 3.63) is 42.1 Å². The fraction of sp³-hybridized carbons (Fsp3) is 0.438. The van der Waals surface area contributed by atoms with Crippen LogP contribution in [0.15, 0.2) is 30.7 Å². The standard InChI is InChI=1S/C16H20FN5/c1-12(10-13-4-6-18-7-5-13)20-16-19-11-14(17)15(21-16)22-8-2-3-9-22/h4-7,11-12H,2-3,8-10H2,1H3,(H,19,20,21)/t12-/m1/s1. The summed E-state index contributed by atoms with van der Waals surface area (Å²) in [6.07, 6.45) is 7.82. The Labute approximate surface area is 129 Å². The van der Waals surface area contributed by atoms with E-state index in [2.05, 4.69) is 27.2 Å². The molecule has 1 saturated heterocycles. The quantitative estimate of drug-likeness (QED) is 0.920. The summed E-state index contributed by atoms with van der Waals surface area (Å²) in [5, 5.41) is 3.25. The van der Waals surface area contributed by atoms with E-state index < -0.39 is 0 Å². The van der Waals surface area contributed by atoms with Crippen LogP contribution >= 0.6 is 0 Å². The van der Waals surface area contributed by atoms with Crippen LogP contribution in [0.3, 0.4) is 0 Å². The van der Waals surface area contributed by atoms with Gasteiger partial charge in [0.15, 0.2) is 11.6 Å². The molecule has 0 spiro atoms. The van der Waals surface area contributed by atoms with Crippen LogP contribution in [0, 0.1) is 5.82 Å². The van der Waals surface area contributed by atoms with Crippen LogP contribution in [0.1, 0.15) is 25.3 Å². The predicted molar refractivity (Wildman–Crippen MR) is 84.5 cm³/mol. The van der Waals surface area contributed by atoms with Crippen molar-refractivity contribution in [2.24, 2.45) is 0 Å². The highest BCUT2D eigenvalue weighted by Gasteiger charge is 2.19. The smallest absolute Gasteiger partial charge is 0.225 e. The minimum Gasteiger partial charge on any atom is -0.354 e. The Morgan fingerprint density at radius 2 is 2.00 bits per heavy atom. The fourth-order valence-electron chi connectivity index (χ4n) is 2.72. The van der Waals surface area contributed by atoms with E-state index in [0.717, 1.165) is 32.4 Å². The fourth-order valence-corrected chi connectivity index (χ4v) is 2.72. The molecule has 1 aliphatic heterocycles. The van der Waals surface area contributed by atoms with E-state index in [1.807, 2.05) is 17.0 Å². The number of hydrogen-bond donors (Lipinski definition) is 1. The van der Waals surface area contributed by atoms with Gasteiger partial charge < -0.3 is 10.2 Å². The Hall–Kier alpha value is -2.24. The van der Waals surface area contributed by atoms with Gasteiger partial charge in [0.1, 0.15) is 0 Å². The highest BCUT2D eigenvalue weighted by atomic mass is 19.1. The number of pyridine rings is 1. The van der Waals surface area contributed by atoms with Gasteiger partial charge in [-0.1, -0.05) is 0 Å². The van der Waals surface area contributed by atoms with Crippen molar-refractivity contribution in [3.8, 4) is 0 Å². The second-order valence-corrected chi connectivity index (χ2v) is 5.66. The van der Waals surface area contributed by atoms with Gasteiger partial charge in [-0.3, -0.25) is 4.98 Å². The average Bonchev–Trinajstić information content (AvgIpc) is 3.04. The lowest BCUT2D eigenvalue weighted by atomic mass is 10.1. The van der Waals surface area contributed by atoms with Crippen molar-refractivity contribution in [1.82, 2.24) is 15.0 Å². The summed E-state index contributed by atoms with van der Waals surface area (Å²) in [5.74, 6) is 0.533. The Kier molecular flexibility index (Phi) is 4.46. The van der Waals surface area contributed by atoms with Crippen molar-refractivity contribution in [2.75, 3.05) is 23.3 Å². The lowest BCUT2D eigenvalue weighted by Crippen LogP contribution is -2.24. The van der Waals surface area contributed by atoms with Crippen LogP contribution < -0.4 is 10.2 Å². The summed E-state index contributed by atoms with van der Waals surface area (Å²) < 4.78 is 13.9. The van der Waals surface area contributed by atoms with Crippen LogP contribution in [0.4, 0.5) is 16.2 Å². The molecule has 3 rings (SSSR count). The van der Waals surface area contributed by atoms with Gasteiger partial charge in [0, 0.05) is 31.5 Å². The summed E-state index contributed by atoms with van der Waals surface area (Å²) in [4.78, 5) is 14.4. The minimum atomic E-state index is -0.353. The molecule has 1 N–H and O–H groups in total.